The normalized spacial score (nSPS) is 9.59. The second kappa shape index (κ2) is 8.37. The summed E-state index contributed by atoms with van der Waals surface area (Å²) in [6.45, 7) is 1.16. The van der Waals surface area contributed by atoms with Gasteiger partial charge in [-0.1, -0.05) is 18.2 Å². The van der Waals surface area contributed by atoms with Crippen LogP contribution in [-0.4, -0.2) is 19.0 Å². The van der Waals surface area contributed by atoms with Crippen molar-refractivity contribution in [3.8, 4) is 12.3 Å². The fourth-order valence-electron chi connectivity index (χ4n) is 1.41. The standard InChI is InChI=1S/C14H18N2O/c1-2-3-4-8-11-15-12-14(17)16-13-9-6-5-7-10-13/h1,5-7,9-10,15H,3-4,8,11-12H2,(H,16,17). The average molecular weight is 230 g/mol. The Morgan fingerprint density at radius 2 is 2.00 bits per heavy atom. The highest BCUT2D eigenvalue weighted by Crippen LogP contribution is 2.03. The Balaban J connectivity index is 2.08. The molecule has 0 saturated carbocycles. The summed E-state index contributed by atoms with van der Waals surface area (Å²) >= 11 is 0. The Kier molecular flexibility index (Phi) is 6.54. The maximum absolute atomic E-state index is 11.5. The van der Waals surface area contributed by atoms with Crippen LogP contribution < -0.4 is 10.6 Å². The number of terminal acetylenes is 1. The van der Waals surface area contributed by atoms with E-state index in [-0.39, 0.29) is 5.91 Å². The zero-order valence-electron chi connectivity index (χ0n) is 9.91. The van der Waals surface area contributed by atoms with Gasteiger partial charge in [-0.2, -0.15) is 0 Å². The fourth-order valence-corrected chi connectivity index (χ4v) is 1.41. The number of carbonyl (C=O) groups is 1. The van der Waals surface area contributed by atoms with E-state index in [0.717, 1.165) is 31.5 Å². The van der Waals surface area contributed by atoms with Gasteiger partial charge in [0.2, 0.25) is 5.91 Å². The highest BCUT2D eigenvalue weighted by molar-refractivity contribution is 5.92. The highest BCUT2D eigenvalue weighted by Gasteiger charge is 2.00. The third-order valence-electron chi connectivity index (χ3n) is 2.27. The average Bonchev–Trinajstić information content (AvgIpc) is 2.35. The van der Waals surface area contributed by atoms with Gasteiger partial charge in [0.15, 0.2) is 0 Å². The van der Waals surface area contributed by atoms with E-state index in [9.17, 15) is 4.79 Å². The molecule has 1 aromatic carbocycles. The summed E-state index contributed by atoms with van der Waals surface area (Å²) in [7, 11) is 0. The summed E-state index contributed by atoms with van der Waals surface area (Å²) in [4.78, 5) is 11.5. The van der Waals surface area contributed by atoms with Gasteiger partial charge in [0.1, 0.15) is 0 Å². The molecule has 1 amide bonds. The predicted octanol–water partition coefficient (Wildman–Crippen LogP) is 2.02. The number of unbranched alkanes of at least 4 members (excludes halogenated alkanes) is 2. The molecular formula is C14H18N2O. The molecule has 3 heteroatoms. The first-order chi connectivity index (χ1) is 8.33. The molecule has 3 nitrogen and oxygen atoms in total. The van der Waals surface area contributed by atoms with E-state index in [1.165, 1.54) is 0 Å². The lowest BCUT2D eigenvalue weighted by molar-refractivity contribution is -0.115. The van der Waals surface area contributed by atoms with E-state index in [0.29, 0.717) is 6.54 Å². The maximum Gasteiger partial charge on any atom is 0.238 e. The molecular weight excluding hydrogens is 212 g/mol. The lowest BCUT2D eigenvalue weighted by Crippen LogP contribution is -2.28. The minimum atomic E-state index is -0.0202. The van der Waals surface area contributed by atoms with Gasteiger partial charge in [-0.3, -0.25) is 4.79 Å². The van der Waals surface area contributed by atoms with Crippen LogP contribution in [0, 0.1) is 12.3 Å². The van der Waals surface area contributed by atoms with Crippen LogP contribution in [0.15, 0.2) is 30.3 Å². The molecule has 1 aromatic rings. The Morgan fingerprint density at radius 1 is 1.24 bits per heavy atom. The number of hydrogen-bond acceptors (Lipinski definition) is 2. The Bertz CT molecular complexity index is 368. The molecule has 17 heavy (non-hydrogen) atoms. The molecule has 0 aliphatic carbocycles. The first kappa shape index (κ1) is 13.3. The SMILES string of the molecule is C#CCCCCNCC(=O)Nc1ccccc1. The minimum absolute atomic E-state index is 0.0202. The molecule has 0 spiro atoms. The summed E-state index contributed by atoms with van der Waals surface area (Å²) in [6.07, 6.45) is 7.95. The number of anilines is 1. The number of amides is 1. The second-order valence-electron chi connectivity index (χ2n) is 3.75. The van der Waals surface area contributed by atoms with Crippen molar-refractivity contribution in [2.24, 2.45) is 0 Å². The fraction of sp³-hybridized carbons (Fsp3) is 0.357. The Morgan fingerprint density at radius 3 is 2.71 bits per heavy atom. The lowest BCUT2D eigenvalue weighted by Gasteiger charge is -2.06. The van der Waals surface area contributed by atoms with Gasteiger partial charge < -0.3 is 10.6 Å². The van der Waals surface area contributed by atoms with E-state index in [1.54, 1.807) is 0 Å². The van der Waals surface area contributed by atoms with Crippen molar-refractivity contribution in [1.82, 2.24) is 5.32 Å². The highest BCUT2D eigenvalue weighted by atomic mass is 16.1. The minimum Gasteiger partial charge on any atom is -0.325 e. The number of nitrogens with one attached hydrogen (secondary N) is 2. The Labute approximate surface area is 103 Å². The quantitative estimate of drug-likeness (QED) is 0.556. The van der Waals surface area contributed by atoms with Crippen LogP contribution in [-0.2, 0) is 4.79 Å². The van der Waals surface area contributed by atoms with Crippen LogP contribution >= 0.6 is 0 Å². The van der Waals surface area contributed by atoms with Crippen LogP contribution in [0.1, 0.15) is 19.3 Å². The molecule has 0 atom stereocenters. The van der Waals surface area contributed by atoms with Crippen LogP contribution in [0.2, 0.25) is 0 Å². The van der Waals surface area contributed by atoms with Crippen LogP contribution in [0.25, 0.3) is 0 Å². The first-order valence-corrected chi connectivity index (χ1v) is 5.82. The Hall–Kier alpha value is -1.79. The van der Waals surface area contributed by atoms with Crippen LogP contribution in [0.3, 0.4) is 0 Å². The van der Waals surface area contributed by atoms with Crippen molar-refractivity contribution in [3.63, 3.8) is 0 Å². The third kappa shape index (κ3) is 6.39. The monoisotopic (exact) mass is 230 g/mol. The molecule has 0 aliphatic rings. The van der Waals surface area contributed by atoms with Gasteiger partial charge in [0.05, 0.1) is 6.54 Å². The summed E-state index contributed by atoms with van der Waals surface area (Å²) in [5.74, 6) is 2.57. The zero-order chi connectivity index (χ0) is 12.3. The van der Waals surface area contributed by atoms with Crippen LogP contribution in [0.4, 0.5) is 5.69 Å². The maximum atomic E-state index is 11.5. The molecule has 0 saturated heterocycles. The molecule has 0 radical (unpaired) electrons. The van der Waals surface area contributed by atoms with Gasteiger partial charge in [-0.05, 0) is 31.5 Å². The zero-order valence-corrected chi connectivity index (χ0v) is 9.91. The van der Waals surface area contributed by atoms with Gasteiger partial charge in [0.25, 0.3) is 0 Å². The second-order valence-corrected chi connectivity index (χ2v) is 3.75. The number of benzene rings is 1. The van der Waals surface area contributed by atoms with Crippen molar-refractivity contribution >= 4 is 11.6 Å². The predicted molar refractivity (Wildman–Crippen MR) is 70.6 cm³/mol. The topological polar surface area (TPSA) is 41.1 Å². The van der Waals surface area contributed by atoms with Crippen molar-refractivity contribution in [3.05, 3.63) is 30.3 Å². The van der Waals surface area contributed by atoms with E-state index >= 15 is 0 Å². The van der Waals surface area contributed by atoms with E-state index < -0.39 is 0 Å². The van der Waals surface area contributed by atoms with Crippen molar-refractivity contribution in [1.29, 1.82) is 0 Å². The van der Waals surface area contributed by atoms with E-state index in [2.05, 4.69) is 16.6 Å². The molecule has 0 aliphatic heterocycles. The molecule has 0 aromatic heterocycles. The van der Waals surface area contributed by atoms with Crippen molar-refractivity contribution in [2.45, 2.75) is 19.3 Å². The van der Waals surface area contributed by atoms with Gasteiger partial charge >= 0.3 is 0 Å². The molecule has 0 heterocycles. The molecule has 0 unspecified atom stereocenters. The molecule has 0 fully saturated rings. The molecule has 2 N–H and O–H groups in total. The summed E-state index contributed by atoms with van der Waals surface area (Å²) in [5.41, 5.74) is 0.826. The van der Waals surface area contributed by atoms with Crippen molar-refractivity contribution in [2.75, 3.05) is 18.4 Å². The van der Waals surface area contributed by atoms with Crippen LogP contribution in [0.5, 0.6) is 0 Å². The number of para-hydroxylation sites is 1. The smallest absolute Gasteiger partial charge is 0.238 e. The molecule has 90 valence electrons. The lowest BCUT2D eigenvalue weighted by atomic mass is 10.2. The van der Waals surface area contributed by atoms with Gasteiger partial charge in [-0.25, -0.2) is 0 Å². The summed E-state index contributed by atoms with van der Waals surface area (Å²) in [5, 5.41) is 5.89. The van der Waals surface area contributed by atoms with Gasteiger partial charge in [-0.15, -0.1) is 12.3 Å². The summed E-state index contributed by atoms with van der Waals surface area (Å²) in [6, 6.07) is 9.43. The number of hydrogen-bond donors (Lipinski definition) is 2. The summed E-state index contributed by atoms with van der Waals surface area (Å²) < 4.78 is 0. The number of rotatable bonds is 7. The largest absolute Gasteiger partial charge is 0.325 e. The first-order valence-electron chi connectivity index (χ1n) is 5.82. The third-order valence-corrected chi connectivity index (χ3v) is 2.27. The van der Waals surface area contributed by atoms with Crippen molar-refractivity contribution < 1.29 is 4.79 Å². The van der Waals surface area contributed by atoms with E-state index in [4.69, 9.17) is 6.42 Å². The number of carbonyl (C=O) groups excluding carboxylic acids is 1. The molecule has 0 bridgehead atoms. The van der Waals surface area contributed by atoms with Gasteiger partial charge in [0, 0.05) is 12.1 Å². The molecule has 1 rings (SSSR count). The van der Waals surface area contributed by atoms with E-state index in [1.807, 2.05) is 30.3 Å².